The van der Waals surface area contributed by atoms with Crippen LogP contribution in [0.3, 0.4) is 0 Å². The summed E-state index contributed by atoms with van der Waals surface area (Å²) in [6, 6.07) is 28.6. The Morgan fingerprint density at radius 1 is 0.720 bits per heavy atom. The highest BCUT2D eigenvalue weighted by atomic mass is 16.5. The highest BCUT2D eigenvalue weighted by Crippen LogP contribution is 2.26. The van der Waals surface area contributed by atoms with Crippen LogP contribution in [0.5, 0.6) is 5.75 Å². The van der Waals surface area contributed by atoms with Crippen molar-refractivity contribution in [2.75, 3.05) is 6.61 Å². The van der Waals surface area contributed by atoms with E-state index in [1.165, 1.54) is 11.1 Å². The third-order valence-corrected chi connectivity index (χ3v) is 4.47. The largest absolute Gasteiger partial charge is 0.493 e. The molecule has 0 aromatic heterocycles. The monoisotopic (exact) mass is 332 g/mol. The van der Waals surface area contributed by atoms with Crippen molar-refractivity contribution in [2.24, 2.45) is 0 Å². The van der Waals surface area contributed by atoms with Gasteiger partial charge in [-0.3, -0.25) is 0 Å². The number of aliphatic hydroxyl groups is 1. The van der Waals surface area contributed by atoms with E-state index in [2.05, 4.69) is 48.5 Å². The Labute approximate surface area is 149 Å². The van der Waals surface area contributed by atoms with E-state index in [1.54, 1.807) is 0 Å². The molecule has 1 N–H and O–H groups in total. The lowest BCUT2D eigenvalue weighted by Gasteiger charge is -2.19. The molecule has 1 unspecified atom stereocenters. The first-order valence-electron chi connectivity index (χ1n) is 8.78. The molecular weight excluding hydrogens is 308 g/mol. The molecule has 0 aliphatic rings. The van der Waals surface area contributed by atoms with Crippen molar-refractivity contribution in [1.82, 2.24) is 0 Å². The van der Waals surface area contributed by atoms with Gasteiger partial charge in [0.05, 0.1) is 12.7 Å². The maximum absolute atomic E-state index is 9.89. The van der Waals surface area contributed by atoms with Crippen molar-refractivity contribution >= 4 is 0 Å². The maximum Gasteiger partial charge on any atom is 0.119 e. The van der Waals surface area contributed by atoms with Crippen molar-refractivity contribution < 1.29 is 9.84 Å². The van der Waals surface area contributed by atoms with Crippen LogP contribution < -0.4 is 4.74 Å². The first-order valence-corrected chi connectivity index (χ1v) is 8.78. The summed E-state index contributed by atoms with van der Waals surface area (Å²) in [5, 5.41) is 9.89. The molecule has 3 aromatic rings. The fourth-order valence-corrected chi connectivity index (χ4v) is 2.96. The third kappa shape index (κ3) is 4.49. The Kier molecular flexibility index (Phi) is 5.86. The van der Waals surface area contributed by atoms with Gasteiger partial charge in [-0.15, -0.1) is 0 Å². The SMILES string of the molecule is CCC(O)c1ccc(OCC(c2ccccc2)c2ccccc2)cc1. The number of aliphatic hydroxyl groups excluding tert-OH is 1. The van der Waals surface area contributed by atoms with Crippen molar-refractivity contribution in [3.05, 3.63) is 102 Å². The Balaban J connectivity index is 1.75. The second kappa shape index (κ2) is 8.50. The molecular formula is C23H24O2. The minimum absolute atomic E-state index is 0.184. The van der Waals surface area contributed by atoms with Gasteiger partial charge in [0.2, 0.25) is 0 Å². The number of ether oxygens (including phenoxy) is 1. The van der Waals surface area contributed by atoms with E-state index >= 15 is 0 Å². The van der Waals surface area contributed by atoms with Gasteiger partial charge in [-0.25, -0.2) is 0 Å². The van der Waals surface area contributed by atoms with E-state index < -0.39 is 6.10 Å². The van der Waals surface area contributed by atoms with Gasteiger partial charge in [-0.1, -0.05) is 79.7 Å². The van der Waals surface area contributed by atoms with Gasteiger partial charge in [0.15, 0.2) is 0 Å². The van der Waals surface area contributed by atoms with Gasteiger partial charge in [0, 0.05) is 5.92 Å². The third-order valence-electron chi connectivity index (χ3n) is 4.47. The summed E-state index contributed by atoms with van der Waals surface area (Å²) in [5.41, 5.74) is 3.41. The molecule has 0 amide bonds. The number of hydrogen-bond acceptors (Lipinski definition) is 2. The van der Waals surface area contributed by atoms with Crippen LogP contribution in [0, 0.1) is 0 Å². The maximum atomic E-state index is 9.89. The van der Waals surface area contributed by atoms with Gasteiger partial charge in [0.25, 0.3) is 0 Å². The van der Waals surface area contributed by atoms with Crippen LogP contribution in [0.1, 0.15) is 42.1 Å². The molecule has 2 nitrogen and oxygen atoms in total. The molecule has 0 radical (unpaired) electrons. The summed E-state index contributed by atoms with van der Waals surface area (Å²) in [4.78, 5) is 0. The van der Waals surface area contributed by atoms with Crippen molar-refractivity contribution in [1.29, 1.82) is 0 Å². The second-order valence-corrected chi connectivity index (χ2v) is 6.18. The van der Waals surface area contributed by atoms with E-state index in [9.17, 15) is 5.11 Å². The summed E-state index contributed by atoms with van der Waals surface area (Å²) in [5.74, 6) is 1.01. The Morgan fingerprint density at radius 2 is 1.24 bits per heavy atom. The zero-order valence-electron chi connectivity index (χ0n) is 14.5. The average Bonchev–Trinajstić information content (AvgIpc) is 2.70. The second-order valence-electron chi connectivity index (χ2n) is 6.18. The molecule has 0 aliphatic heterocycles. The summed E-state index contributed by atoms with van der Waals surface area (Å²) in [6.45, 7) is 2.54. The molecule has 0 heterocycles. The highest BCUT2D eigenvalue weighted by Gasteiger charge is 2.15. The lowest BCUT2D eigenvalue weighted by molar-refractivity contribution is 0.173. The smallest absolute Gasteiger partial charge is 0.119 e. The summed E-state index contributed by atoms with van der Waals surface area (Å²) in [7, 11) is 0. The molecule has 0 aliphatic carbocycles. The van der Waals surface area contributed by atoms with Gasteiger partial charge in [-0.05, 0) is 35.2 Å². The zero-order valence-corrected chi connectivity index (χ0v) is 14.5. The summed E-state index contributed by atoms with van der Waals surface area (Å²) < 4.78 is 6.06. The molecule has 2 heteroatoms. The van der Waals surface area contributed by atoms with Crippen molar-refractivity contribution in [2.45, 2.75) is 25.4 Å². The van der Waals surface area contributed by atoms with Gasteiger partial charge < -0.3 is 9.84 Å². The van der Waals surface area contributed by atoms with E-state index in [4.69, 9.17) is 4.74 Å². The predicted molar refractivity (Wildman–Crippen MR) is 102 cm³/mol. The van der Waals surface area contributed by atoms with Gasteiger partial charge in [-0.2, -0.15) is 0 Å². The van der Waals surface area contributed by atoms with Crippen molar-refractivity contribution in [3.8, 4) is 5.75 Å². The first kappa shape index (κ1) is 17.2. The number of benzene rings is 3. The molecule has 128 valence electrons. The lowest BCUT2D eigenvalue weighted by Crippen LogP contribution is -2.12. The topological polar surface area (TPSA) is 29.5 Å². The van der Waals surface area contributed by atoms with Crippen LogP contribution in [0.25, 0.3) is 0 Å². The van der Waals surface area contributed by atoms with Gasteiger partial charge >= 0.3 is 0 Å². The molecule has 3 aromatic carbocycles. The molecule has 0 fully saturated rings. The highest BCUT2D eigenvalue weighted by molar-refractivity contribution is 5.33. The van der Waals surface area contributed by atoms with Crippen LogP contribution in [0.15, 0.2) is 84.9 Å². The summed E-state index contributed by atoms with van der Waals surface area (Å²) in [6.07, 6.45) is 0.306. The lowest BCUT2D eigenvalue weighted by atomic mass is 9.92. The summed E-state index contributed by atoms with van der Waals surface area (Å²) >= 11 is 0. The molecule has 0 bridgehead atoms. The minimum atomic E-state index is -0.407. The Morgan fingerprint density at radius 3 is 1.72 bits per heavy atom. The van der Waals surface area contributed by atoms with E-state index in [-0.39, 0.29) is 5.92 Å². The molecule has 1 atom stereocenters. The zero-order chi connectivity index (χ0) is 17.5. The quantitative estimate of drug-likeness (QED) is 0.633. The van der Waals surface area contributed by atoms with Crippen molar-refractivity contribution in [3.63, 3.8) is 0 Å². The fraction of sp³-hybridized carbons (Fsp3) is 0.217. The average molecular weight is 332 g/mol. The molecule has 25 heavy (non-hydrogen) atoms. The van der Waals surface area contributed by atoms with Crippen LogP contribution >= 0.6 is 0 Å². The van der Waals surface area contributed by atoms with Crippen LogP contribution in [0.4, 0.5) is 0 Å². The van der Waals surface area contributed by atoms with Crippen LogP contribution in [0.2, 0.25) is 0 Å². The molecule has 0 saturated heterocycles. The molecule has 0 spiro atoms. The Bertz CT molecular complexity index is 712. The van der Waals surface area contributed by atoms with E-state index in [0.717, 1.165) is 11.3 Å². The normalized spacial score (nSPS) is 12.1. The van der Waals surface area contributed by atoms with Crippen LogP contribution in [-0.2, 0) is 0 Å². The Hall–Kier alpha value is -2.58. The number of hydrogen-bond donors (Lipinski definition) is 1. The fourth-order valence-electron chi connectivity index (χ4n) is 2.96. The standard InChI is InChI=1S/C23H24O2/c1-2-23(24)20-13-15-21(16-14-20)25-17-22(18-9-5-3-6-10-18)19-11-7-4-8-12-19/h3-16,22-24H,2,17H2,1H3. The van der Waals surface area contributed by atoms with E-state index in [0.29, 0.717) is 13.0 Å². The number of rotatable bonds is 7. The van der Waals surface area contributed by atoms with Gasteiger partial charge in [0.1, 0.15) is 5.75 Å². The van der Waals surface area contributed by atoms with E-state index in [1.807, 2.05) is 43.3 Å². The first-order chi connectivity index (χ1) is 12.3. The van der Waals surface area contributed by atoms with Crippen LogP contribution in [-0.4, -0.2) is 11.7 Å². The molecule has 0 saturated carbocycles. The minimum Gasteiger partial charge on any atom is -0.493 e. The molecule has 3 rings (SSSR count). The predicted octanol–water partition coefficient (Wildman–Crippen LogP) is 5.34.